The van der Waals surface area contributed by atoms with E-state index in [4.69, 9.17) is 0 Å². The zero-order valence-electron chi connectivity index (χ0n) is 8.65. The number of carbonyl (C=O) groups excluding carboxylic acids is 1. The Labute approximate surface area is 87.8 Å². The minimum Gasteiger partial charge on any atom is -0.386 e. The first-order valence-electron chi connectivity index (χ1n) is 4.71. The van der Waals surface area contributed by atoms with Crippen molar-refractivity contribution in [2.45, 2.75) is 33.3 Å². The van der Waals surface area contributed by atoms with Gasteiger partial charge in [0.1, 0.15) is 11.1 Å². The van der Waals surface area contributed by atoms with E-state index in [1.54, 1.807) is 0 Å². The molecule has 0 fully saturated rings. The van der Waals surface area contributed by atoms with Crippen LogP contribution < -0.4 is 0 Å². The number of Topliss-reactive ketones (excluding diaryl/α,β-unsaturated/α-hetero) is 1. The highest BCUT2D eigenvalue weighted by atomic mass is 32.1. The number of carbonyl (C=O) groups is 1. The lowest BCUT2D eigenvalue weighted by atomic mass is 10.0. The molecule has 0 aromatic carbocycles. The van der Waals surface area contributed by atoms with E-state index in [-0.39, 0.29) is 11.7 Å². The fraction of sp³-hybridized carbons (Fsp3) is 0.600. The second-order valence-electron chi connectivity index (χ2n) is 3.45. The minimum absolute atomic E-state index is 0.00472. The fourth-order valence-electron chi connectivity index (χ4n) is 1.05. The van der Waals surface area contributed by atoms with Crippen LogP contribution in [-0.2, 0) is 0 Å². The van der Waals surface area contributed by atoms with Gasteiger partial charge in [-0.1, -0.05) is 20.3 Å². The average molecular weight is 213 g/mol. The van der Waals surface area contributed by atoms with Gasteiger partial charge in [0.25, 0.3) is 0 Å². The summed E-state index contributed by atoms with van der Waals surface area (Å²) in [6.45, 7) is 5.50. The Hall–Kier alpha value is -0.740. The number of thiazole rings is 1. The Morgan fingerprint density at radius 3 is 2.79 bits per heavy atom. The number of rotatable bonds is 4. The average Bonchev–Trinajstić information content (AvgIpc) is 2.64. The van der Waals surface area contributed by atoms with Crippen LogP contribution in [0.2, 0.25) is 0 Å². The summed E-state index contributed by atoms with van der Waals surface area (Å²) in [7, 11) is 0. The van der Waals surface area contributed by atoms with Crippen molar-refractivity contribution < 1.29 is 9.90 Å². The third-order valence-electron chi connectivity index (χ3n) is 2.31. The van der Waals surface area contributed by atoms with Gasteiger partial charge in [-0.25, -0.2) is 4.98 Å². The summed E-state index contributed by atoms with van der Waals surface area (Å²) >= 11 is 1.28. The van der Waals surface area contributed by atoms with Gasteiger partial charge in [0.15, 0.2) is 5.78 Å². The van der Waals surface area contributed by atoms with Gasteiger partial charge in [-0.2, -0.15) is 0 Å². The lowest BCUT2D eigenvalue weighted by molar-refractivity contribution is 0.102. The quantitative estimate of drug-likeness (QED) is 0.781. The molecule has 14 heavy (non-hydrogen) atoms. The SMILES string of the molecule is CCC(C)C(O)c1ncc(C(C)=O)s1. The number of aliphatic hydroxyl groups is 1. The van der Waals surface area contributed by atoms with E-state index in [1.807, 2.05) is 13.8 Å². The van der Waals surface area contributed by atoms with Gasteiger partial charge in [-0.3, -0.25) is 4.79 Å². The highest BCUT2D eigenvalue weighted by Crippen LogP contribution is 2.27. The predicted molar refractivity (Wildman–Crippen MR) is 56.5 cm³/mol. The molecule has 0 spiro atoms. The maximum atomic E-state index is 11.0. The largest absolute Gasteiger partial charge is 0.386 e. The zero-order chi connectivity index (χ0) is 10.7. The van der Waals surface area contributed by atoms with Crippen molar-refractivity contribution >= 4 is 17.1 Å². The highest BCUT2D eigenvalue weighted by Gasteiger charge is 2.18. The molecule has 0 saturated heterocycles. The van der Waals surface area contributed by atoms with Crippen LogP contribution in [0.3, 0.4) is 0 Å². The van der Waals surface area contributed by atoms with Crippen molar-refractivity contribution in [3.05, 3.63) is 16.1 Å². The normalized spacial score (nSPS) is 15.1. The van der Waals surface area contributed by atoms with Crippen molar-refractivity contribution in [2.24, 2.45) is 5.92 Å². The number of hydrogen-bond acceptors (Lipinski definition) is 4. The molecule has 3 nitrogen and oxygen atoms in total. The van der Waals surface area contributed by atoms with E-state index in [2.05, 4.69) is 4.98 Å². The van der Waals surface area contributed by atoms with Gasteiger partial charge >= 0.3 is 0 Å². The smallest absolute Gasteiger partial charge is 0.171 e. The van der Waals surface area contributed by atoms with Crippen LogP contribution in [0.4, 0.5) is 0 Å². The summed E-state index contributed by atoms with van der Waals surface area (Å²) in [6, 6.07) is 0. The van der Waals surface area contributed by atoms with E-state index in [9.17, 15) is 9.90 Å². The second kappa shape index (κ2) is 4.66. The summed E-state index contributed by atoms with van der Waals surface area (Å²) < 4.78 is 0. The number of hydrogen-bond donors (Lipinski definition) is 1. The molecule has 1 aromatic heterocycles. The second-order valence-corrected chi connectivity index (χ2v) is 4.51. The van der Waals surface area contributed by atoms with Gasteiger partial charge in [0.05, 0.1) is 4.88 Å². The Morgan fingerprint density at radius 2 is 2.36 bits per heavy atom. The van der Waals surface area contributed by atoms with Crippen LogP contribution in [0, 0.1) is 5.92 Å². The molecule has 1 heterocycles. The predicted octanol–water partition coefficient (Wildman–Crippen LogP) is 2.43. The maximum absolute atomic E-state index is 11.0. The van der Waals surface area contributed by atoms with Gasteiger partial charge < -0.3 is 5.11 Å². The van der Waals surface area contributed by atoms with Crippen molar-refractivity contribution in [3.63, 3.8) is 0 Å². The molecular weight excluding hydrogens is 198 g/mol. The summed E-state index contributed by atoms with van der Waals surface area (Å²) in [5, 5.41) is 10.5. The molecule has 0 saturated carbocycles. The van der Waals surface area contributed by atoms with Crippen LogP contribution >= 0.6 is 11.3 Å². The molecule has 0 aliphatic heterocycles. The molecule has 0 radical (unpaired) electrons. The fourth-order valence-corrected chi connectivity index (χ4v) is 1.99. The monoisotopic (exact) mass is 213 g/mol. The summed E-state index contributed by atoms with van der Waals surface area (Å²) in [5.41, 5.74) is 0. The van der Waals surface area contributed by atoms with E-state index < -0.39 is 6.10 Å². The number of aromatic nitrogens is 1. The highest BCUT2D eigenvalue weighted by molar-refractivity contribution is 7.13. The molecule has 1 N–H and O–H groups in total. The molecule has 0 aliphatic carbocycles. The van der Waals surface area contributed by atoms with Crippen molar-refractivity contribution in [1.29, 1.82) is 0 Å². The van der Waals surface area contributed by atoms with Crippen LogP contribution in [-0.4, -0.2) is 15.9 Å². The van der Waals surface area contributed by atoms with E-state index in [1.165, 1.54) is 24.5 Å². The number of aliphatic hydroxyl groups excluding tert-OH is 1. The molecule has 0 bridgehead atoms. The Bertz CT molecular complexity index is 322. The first-order valence-corrected chi connectivity index (χ1v) is 5.52. The molecule has 1 rings (SSSR count). The zero-order valence-corrected chi connectivity index (χ0v) is 9.47. The van der Waals surface area contributed by atoms with Crippen LogP contribution in [0.1, 0.15) is 48.0 Å². The summed E-state index contributed by atoms with van der Waals surface area (Å²) in [4.78, 5) is 15.7. The third kappa shape index (κ3) is 2.39. The standard InChI is InChI=1S/C10H15NO2S/c1-4-6(2)9(13)10-11-5-8(14-10)7(3)12/h5-6,9,13H,4H2,1-3H3. The molecular formula is C10H15NO2S. The van der Waals surface area contributed by atoms with Crippen molar-refractivity contribution in [2.75, 3.05) is 0 Å². The molecule has 1 aromatic rings. The van der Waals surface area contributed by atoms with Gasteiger partial charge in [0, 0.05) is 13.1 Å². The number of nitrogens with zero attached hydrogens (tertiary/aromatic N) is 1. The van der Waals surface area contributed by atoms with Crippen LogP contribution in [0.15, 0.2) is 6.20 Å². The Morgan fingerprint density at radius 1 is 1.71 bits per heavy atom. The summed E-state index contributed by atoms with van der Waals surface area (Å²) in [6.07, 6.45) is 1.89. The van der Waals surface area contributed by atoms with E-state index in [0.717, 1.165) is 6.42 Å². The lowest BCUT2D eigenvalue weighted by Gasteiger charge is -2.13. The van der Waals surface area contributed by atoms with Gasteiger partial charge in [-0.15, -0.1) is 11.3 Å². The van der Waals surface area contributed by atoms with Crippen LogP contribution in [0.25, 0.3) is 0 Å². The van der Waals surface area contributed by atoms with Crippen molar-refractivity contribution in [3.8, 4) is 0 Å². The van der Waals surface area contributed by atoms with E-state index >= 15 is 0 Å². The number of ketones is 1. The minimum atomic E-state index is -0.543. The Balaban J connectivity index is 2.81. The van der Waals surface area contributed by atoms with Crippen LogP contribution in [0.5, 0.6) is 0 Å². The van der Waals surface area contributed by atoms with E-state index in [0.29, 0.717) is 9.88 Å². The molecule has 78 valence electrons. The maximum Gasteiger partial charge on any atom is 0.171 e. The van der Waals surface area contributed by atoms with Gasteiger partial charge in [-0.05, 0) is 5.92 Å². The molecule has 0 amide bonds. The van der Waals surface area contributed by atoms with Gasteiger partial charge in [0.2, 0.25) is 0 Å². The molecule has 4 heteroatoms. The van der Waals surface area contributed by atoms with Crippen molar-refractivity contribution in [1.82, 2.24) is 4.98 Å². The molecule has 2 atom stereocenters. The first-order chi connectivity index (χ1) is 6.56. The first kappa shape index (κ1) is 11.3. The molecule has 0 aliphatic rings. The Kier molecular flexibility index (Phi) is 3.77. The summed E-state index contributed by atoms with van der Waals surface area (Å²) in [5.74, 6) is 0.186. The lowest BCUT2D eigenvalue weighted by Crippen LogP contribution is -2.07. The topological polar surface area (TPSA) is 50.2 Å². The third-order valence-corrected chi connectivity index (χ3v) is 3.48. The molecule has 2 unspecified atom stereocenters.